The molecule has 3 N–H and O–H groups in total. The molecule has 0 spiro atoms. The predicted octanol–water partition coefficient (Wildman–Crippen LogP) is 0.610. The lowest BCUT2D eigenvalue weighted by Crippen LogP contribution is -2.54. The summed E-state index contributed by atoms with van der Waals surface area (Å²) >= 11 is 0. The molecule has 3 atom stereocenters. The van der Waals surface area contributed by atoms with Crippen molar-refractivity contribution in [2.45, 2.75) is 37.4 Å². The number of piperidine rings is 1. The fraction of sp³-hybridized carbons (Fsp3) is 0.556. The van der Waals surface area contributed by atoms with Crippen molar-refractivity contribution in [2.75, 3.05) is 26.2 Å². The van der Waals surface area contributed by atoms with Crippen molar-refractivity contribution in [1.29, 1.82) is 0 Å². The van der Waals surface area contributed by atoms with Crippen LogP contribution in [-0.2, 0) is 4.79 Å². The third kappa shape index (κ3) is 3.34. The van der Waals surface area contributed by atoms with Crippen molar-refractivity contribution < 1.29 is 9.59 Å². The number of hydrogen-bond donors (Lipinski definition) is 3. The summed E-state index contributed by atoms with van der Waals surface area (Å²) in [6, 6.07) is 10.3. The molecule has 3 heterocycles. The average molecular weight is 343 g/mol. The second-order valence-corrected chi connectivity index (χ2v) is 7.05. The Morgan fingerprint density at radius 3 is 2.72 bits per heavy atom. The molecule has 3 amide bonds. The van der Waals surface area contributed by atoms with Crippen LogP contribution in [0.2, 0.25) is 0 Å². The van der Waals surface area contributed by atoms with Gasteiger partial charge in [0.25, 0.3) is 0 Å². The van der Waals surface area contributed by atoms with Crippen molar-refractivity contribution in [3.63, 3.8) is 0 Å². The average Bonchev–Trinajstić information content (AvgIpc) is 3.31. The standard InChI is InChI=1S/C18H25N5O2/c24-17(16-11-15(20-21-16)13-5-2-1-3-6-13)22-9-4-7-14(12-22)23-10-8-19-18(23)25/h1-3,5-6,14-16,20-21H,4,7-12H2,(H,19,25). The van der Waals surface area contributed by atoms with Gasteiger partial charge in [0.05, 0.1) is 6.04 Å². The zero-order valence-electron chi connectivity index (χ0n) is 14.3. The number of urea groups is 1. The molecule has 25 heavy (non-hydrogen) atoms. The van der Waals surface area contributed by atoms with Crippen molar-refractivity contribution in [3.8, 4) is 0 Å². The SMILES string of the molecule is O=C(C1CC(c2ccccc2)NN1)N1CCCC(N2CCNC2=O)C1. The van der Waals surface area contributed by atoms with Crippen LogP contribution in [-0.4, -0.2) is 60.0 Å². The van der Waals surface area contributed by atoms with Crippen molar-refractivity contribution in [2.24, 2.45) is 0 Å². The van der Waals surface area contributed by atoms with Gasteiger partial charge in [-0.05, 0) is 24.8 Å². The quantitative estimate of drug-likeness (QED) is 0.752. The highest BCUT2D eigenvalue weighted by Crippen LogP contribution is 2.24. The summed E-state index contributed by atoms with van der Waals surface area (Å²) in [6.07, 6.45) is 2.66. The van der Waals surface area contributed by atoms with Gasteiger partial charge in [-0.1, -0.05) is 30.3 Å². The molecule has 1 aromatic carbocycles. The third-order valence-corrected chi connectivity index (χ3v) is 5.44. The lowest BCUT2D eigenvalue weighted by Gasteiger charge is -2.38. The molecule has 3 aliphatic heterocycles. The topological polar surface area (TPSA) is 76.7 Å². The molecule has 1 aromatic rings. The summed E-state index contributed by atoms with van der Waals surface area (Å²) < 4.78 is 0. The lowest BCUT2D eigenvalue weighted by atomic mass is 9.99. The van der Waals surface area contributed by atoms with Gasteiger partial charge in [-0.15, -0.1) is 0 Å². The van der Waals surface area contributed by atoms with E-state index < -0.39 is 0 Å². The zero-order chi connectivity index (χ0) is 17.2. The molecule has 0 aliphatic carbocycles. The van der Waals surface area contributed by atoms with Gasteiger partial charge in [0.15, 0.2) is 0 Å². The minimum atomic E-state index is -0.212. The molecule has 7 heteroatoms. The van der Waals surface area contributed by atoms with Crippen molar-refractivity contribution in [3.05, 3.63) is 35.9 Å². The molecule has 7 nitrogen and oxygen atoms in total. The highest BCUT2D eigenvalue weighted by molar-refractivity contribution is 5.82. The number of carbonyl (C=O) groups excluding carboxylic acids is 2. The van der Waals surface area contributed by atoms with Crippen LogP contribution in [0.1, 0.15) is 30.9 Å². The summed E-state index contributed by atoms with van der Waals surface area (Å²) in [5.74, 6) is 0.134. The second kappa shape index (κ2) is 7.01. The first-order chi connectivity index (χ1) is 12.2. The van der Waals surface area contributed by atoms with Gasteiger partial charge in [-0.25, -0.2) is 15.6 Å². The Kier molecular flexibility index (Phi) is 4.59. The first-order valence-electron chi connectivity index (χ1n) is 9.11. The van der Waals surface area contributed by atoms with Crippen LogP contribution in [0.3, 0.4) is 0 Å². The van der Waals surface area contributed by atoms with E-state index in [1.165, 1.54) is 5.56 Å². The number of amides is 3. The molecular formula is C18H25N5O2. The predicted molar refractivity (Wildman–Crippen MR) is 93.6 cm³/mol. The Morgan fingerprint density at radius 2 is 1.96 bits per heavy atom. The molecule has 3 saturated heterocycles. The number of nitrogens with one attached hydrogen (secondary N) is 3. The minimum Gasteiger partial charge on any atom is -0.339 e. The van der Waals surface area contributed by atoms with Crippen LogP contribution in [0.5, 0.6) is 0 Å². The van der Waals surface area contributed by atoms with Gasteiger partial charge in [0, 0.05) is 32.2 Å². The van der Waals surface area contributed by atoms with Crippen molar-refractivity contribution >= 4 is 11.9 Å². The normalized spacial score (nSPS) is 29.8. The summed E-state index contributed by atoms with van der Waals surface area (Å²) in [4.78, 5) is 28.6. The van der Waals surface area contributed by atoms with E-state index >= 15 is 0 Å². The fourth-order valence-corrected chi connectivity index (χ4v) is 4.09. The molecule has 3 aliphatic rings. The maximum absolute atomic E-state index is 12.9. The molecule has 4 rings (SSSR count). The maximum Gasteiger partial charge on any atom is 0.317 e. The van der Waals surface area contributed by atoms with Gasteiger partial charge in [-0.3, -0.25) is 4.79 Å². The molecular weight excluding hydrogens is 318 g/mol. The number of benzene rings is 1. The number of carbonyl (C=O) groups is 2. The van der Waals surface area contributed by atoms with Crippen LogP contribution in [0.15, 0.2) is 30.3 Å². The maximum atomic E-state index is 12.9. The van der Waals surface area contributed by atoms with Gasteiger partial charge >= 0.3 is 6.03 Å². The van der Waals surface area contributed by atoms with Crippen LogP contribution >= 0.6 is 0 Å². The first-order valence-corrected chi connectivity index (χ1v) is 9.11. The van der Waals surface area contributed by atoms with E-state index in [-0.39, 0.29) is 30.1 Å². The number of nitrogens with zero attached hydrogens (tertiary/aromatic N) is 2. The first kappa shape index (κ1) is 16.4. The van der Waals surface area contributed by atoms with E-state index in [0.29, 0.717) is 13.1 Å². The second-order valence-electron chi connectivity index (χ2n) is 7.05. The lowest BCUT2D eigenvalue weighted by molar-refractivity contribution is -0.135. The number of hydrogen-bond acceptors (Lipinski definition) is 4. The number of rotatable bonds is 3. The Morgan fingerprint density at radius 1 is 1.12 bits per heavy atom. The van der Waals surface area contributed by atoms with E-state index in [0.717, 1.165) is 32.4 Å². The third-order valence-electron chi connectivity index (χ3n) is 5.44. The van der Waals surface area contributed by atoms with E-state index in [1.54, 1.807) is 0 Å². The highest BCUT2D eigenvalue weighted by Gasteiger charge is 2.37. The highest BCUT2D eigenvalue weighted by atomic mass is 16.2. The van der Waals surface area contributed by atoms with Gasteiger partial charge < -0.3 is 15.1 Å². The van der Waals surface area contributed by atoms with Gasteiger partial charge in [-0.2, -0.15) is 0 Å². The van der Waals surface area contributed by atoms with E-state index in [2.05, 4.69) is 28.3 Å². The zero-order valence-corrected chi connectivity index (χ0v) is 14.3. The van der Waals surface area contributed by atoms with E-state index in [9.17, 15) is 9.59 Å². The molecule has 134 valence electrons. The van der Waals surface area contributed by atoms with Crippen LogP contribution < -0.4 is 16.2 Å². The molecule has 3 fully saturated rings. The Bertz CT molecular complexity index is 638. The Balaban J connectivity index is 1.37. The summed E-state index contributed by atoms with van der Waals surface area (Å²) in [5.41, 5.74) is 7.60. The summed E-state index contributed by atoms with van der Waals surface area (Å²) in [5, 5.41) is 2.85. The van der Waals surface area contributed by atoms with E-state index in [4.69, 9.17) is 0 Å². The molecule has 0 aromatic heterocycles. The molecule has 0 radical (unpaired) electrons. The summed E-state index contributed by atoms with van der Waals surface area (Å²) in [7, 11) is 0. The number of hydrazine groups is 1. The van der Waals surface area contributed by atoms with Crippen LogP contribution in [0, 0.1) is 0 Å². The molecule has 0 bridgehead atoms. The fourth-order valence-electron chi connectivity index (χ4n) is 4.09. The number of likely N-dealkylation sites (tertiary alicyclic amines) is 1. The van der Waals surface area contributed by atoms with E-state index in [1.807, 2.05) is 28.0 Å². The monoisotopic (exact) mass is 343 g/mol. The Labute approximate surface area is 147 Å². The van der Waals surface area contributed by atoms with Gasteiger partial charge in [0.2, 0.25) is 5.91 Å². The summed E-state index contributed by atoms with van der Waals surface area (Å²) in [6.45, 7) is 2.86. The molecule has 0 saturated carbocycles. The van der Waals surface area contributed by atoms with Crippen molar-refractivity contribution in [1.82, 2.24) is 26.0 Å². The largest absolute Gasteiger partial charge is 0.339 e. The molecule has 3 unspecified atom stereocenters. The van der Waals surface area contributed by atoms with Crippen LogP contribution in [0.25, 0.3) is 0 Å². The van der Waals surface area contributed by atoms with Gasteiger partial charge in [0.1, 0.15) is 6.04 Å². The smallest absolute Gasteiger partial charge is 0.317 e. The minimum absolute atomic E-state index is 0.00380. The Hall–Kier alpha value is -2.12. The van der Waals surface area contributed by atoms with Crippen LogP contribution in [0.4, 0.5) is 4.79 Å².